The van der Waals surface area contributed by atoms with Gasteiger partial charge in [-0.3, -0.25) is 0 Å². The molecule has 0 radical (unpaired) electrons. The lowest BCUT2D eigenvalue weighted by atomic mass is 9.93. The third kappa shape index (κ3) is 5.39. The smallest absolute Gasteiger partial charge is 0.135 e. The van der Waals surface area contributed by atoms with Crippen LogP contribution >= 0.6 is 0 Å². The van der Waals surface area contributed by atoms with E-state index in [4.69, 9.17) is 4.74 Å². The number of hydrogen-bond acceptors (Lipinski definition) is 1. The average molecular weight is 842 g/mol. The Morgan fingerprint density at radius 3 is 1.15 bits per heavy atom. The van der Waals surface area contributed by atoms with Gasteiger partial charge in [0.05, 0.1) is 33.1 Å². The lowest BCUT2D eigenvalue weighted by molar-refractivity contribution is 0.514. The number of ether oxygens (including phenoxy) is 1. The molecule has 3 aromatic heterocycles. The van der Waals surface area contributed by atoms with Crippen molar-refractivity contribution in [2.45, 2.75) is 0 Å². The van der Waals surface area contributed by atoms with E-state index in [1.165, 1.54) is 76.6 Å². The van der Waals surface area contributed by atoms with Crippen molar-refractivity contribution in [2.24, 2.45) is 0 Å². The molecular formula is C62H39N3O. The van der Waals surface area contributed by atoms with Crippen molar-refractivity contribution >= 4 is 71.2 Å². The molecule has 0 unspecified atom stereocenters. The molecule has 0 N–H and O–H groups in total. The largest absolute Gasteiger partial charge is 0.457 e. The van der Waals surface area contributed by atoms with Crippen molar-refractivity contribution < 1.29 is 4.74 Å². The number of aromatic nitrogens is 3. The molecule has 0 bridgehead atoms. The molecule has 13 aromatic rings. The fraction of sp³-hybridized carbons (Fsp3) is 0. The Balaban J connectivity index is 0.968. The second-order valence-corrected chi connectivity index (χ2v) is 17.4. The van der Waals surface area contributed by atoms with Gasteiger partial charge in [0.25, 0.3) is 0 Å². The van der Waals surface area contributed by atoms with Crippen LogP contribution in [0.3, 0.4) is 0 Å². The predicted octanol–water partition coefficient (Wildman–Crippen LogP) is 16.3. The van der Waals surface area contributed by atoms with Gasteiger partial charge < -0.3 is 18.4 Å². The number of nitrogens with zero attached hydrogens (tertiary/aromatic N) is 3. The van der Waals surface area contributed by atoms with E-state index in [1.807, 2.05) is 12.1 Å². The van der Waals surface area contributed by atoms with Crippen LogP contribution in [0.1, 0.15) is 5.56 Å². The molecule has 10 aromatic carbocycles. The average Bonchev–Trinajstić information content (AvgIpc) is 4.01. The highest BCUT2D eigenvalue weighted by molar-refractivity contribution is 6.15. The highest BCUT2D eigenvalue weighted by atomic mass is 16.5. The molecule has 14 rings (SSSR count). The van der Waals surface area contributed by atoms with Crippen molar-refractivity contribution in [3.05, 3.63) is 237 Å². The first-order valence-corrected chi connectivity index (χ1v) is 22.5. The maximum atomic E-state index is 6.27. The zero-order chi connectivity index (χ0) is 43.5. The van der Waals surface area contributed by atoms with E-state index in [9.17, 15) is 0 Å². The summed E-state index contributed by atoms with van der Waals surface area (Å²) < 4.78 is 13.4. The van der Waals surface area contributed by atoms with Crippen LogP contribution in [0, 0.1) is 0 Å². The molecule has 0 aliphatic carbocycles. The summed E-state index contributed by atoms with van der Waals surface area (Å²) in [7, 11) is 0. The molecule has 4 nitrogen and oxygen atoms in total. The third-order valence-corrected chi connectivity index (χ3v) is 13.8. The van der Waals surface area contributed by atoms with E-state index in [0.717, 1.165) is 50.5 Å². The first kappa shape index (κ1) is 36.6. The van der Waals surface area contributed by atoms with E-state index in [0.29, 0.717) is 5.76 Å². The molecule has 0 saturated heterocycles. The summed E-state index contributed by atoms with van der Waals surface area (Å²) in [4.78, 5) is 0. The number of para-hydroxylation sites is 5. The summed E-state index contributed by atoms with van der Waals surface area (Å²) in [5, 5.41) is 7.31. The van der Waals surface area contributed by atoms with Crippen LogP contribution in [0.4, 0.5) is 0 Å². The van der Waals surface area contributed by atoms with Gasteiger partial charge in [0, 0.05) is 60.5 Å². The molecule has 4 heterocycles. The van der Waals surface area contributed by atoms with Gasteiger partial charge in [-0.2, -0.15) is 0 Å². The van der Waals surface area contributed by atoms with Crippen LogP contribution in [0.5, 0.6) is 5.75 Å². The van der Waals surface area contributed by atoms with Gasteiger partial charge in [0.15, 0.2) is 0 Å². The quantitative estimate of drug-likeness (QED) is 0.169. The van der Waals surface area contributed by atoms with Crippen LogP contribution in [0.25, 0.3) is 122 Å². The topological polar surface area (TPSA) is 24.0 Å². The summed E-state index contributed by atoms with van der Waals surface area (Å²) in [5.74, 6) is 1.50. The Hall–Kier alpha value is -8.86. The Bertz CT molecular complexity index is 4130. The first-order chi connectivity index (χ1) is 32.6. The molecule has 0 amide bonds. The van der Waals surface area contributed by atoms with E-state index in [-0.39, 0.29) is 0 Å². The summed E-state index contributed by atoms with van der Waals surface area (Å²) in [6.07, 6.45) is 0. The van der Waals surface area contributed by atoms with Gasteiger partial charge in [0.1, 0.15) is 11.5 Å². The third-order valence-electron chi connectivity index (χ3n) is 13.8. The Morgan fingerprint density at radius 1 is 0.273 bits per heavy atom. The molecule has 0 spiro atoms. The number of fused-ring (bicyclic) bond motifs is 12. The lowest BCUT2D eigenvalue weighted by Crippen LogP contribution is -2.04. The van der Waals surface area contributed by atoms with Crippen LogP contribution < -0.4 is 4.74 Å². The maximum absolute atomic E-state index is 6.27. The Kier molecular flexibility index (Phi) is 7.80. The van der Waals surface area contributed by atoms with Gasteiger partial charge in [0.2, 0.25) is 0 Å². The normalized spacial score (nSPS) is 12.4. The fourth-order valence-corrected chi connectivity index (χ4v) is 10.8. The van der Waals surface area contributed by atoms with E-state index in [1.54, 1.807) is 0 Å². The van der Waals surface area contributed by atoms with Crippen molar-refractivity contribution in [1.29, 1.82) is 0 Å². The lowest BCUT2D eigenvalue weighted by Gasteiger charge is -2.22. The Morgan fingerprint density at radius 2 is 0.652 bits per heavy atom. The highest BCUT2D eigenvalue weighted by Gasteiger charge is 2.24. The molecule has 66 heavy (non-hydrogen) atoms. The van der Waals surface area contributed by atoms with Gasteiger partial charge in [-0.15, -0.1) is 0 Å². The monoisotopic (exact) mass is 841 g/mol. The summed E-state index contributed by atoms with van der Waals surface area (Å²) in [5.41, 5.74) is 18.4. The summed E-state index contributed by atoms with van der Waals surface area (Å²) >= 11 is 0. The molecule has 1 aliphatic heterocycles. The molecular weight excluding hydrogens is 803 g/mol. The van der Waals surface area contributed by atoms with E-state index in [2.05, 4.69) is 233 Å². The van der Waals surface area contributed by atoms with Crippen molar-refractivity contribution in [2.75, 3.05) is 0 Å². The van der Waals surface area contributed by atoms with E-state index >= 15 is 0 Å². The molecule has 0 atom stereocenters. The zero-order valence-corrected chi connectivity index (χ0v) is 35.8. The van der Waals surface area contributed by atoms with Crippen molar-refractivity contribution in [3.8, 4) is 56.2 Å². The van der Waals surface area contributed by atoms with Gasteiger partial charge in [-0.05, 0) is 137 Å². The van der Waals surface area contributed by atoms with Gasteiger partial charge in [-0.25, -0.2) is 0 Å². The maximum Gasteiger partial charge on any atom is 0.135 e. The molecule has 0 saturated carbocycles. The molecule has 0 fully saturated rings. The van der Waals surface area contributed by atoms with Crippen molar-refractivity contribution in [3.63, 3.8) is 0 Å². The second kappa shape index (κ2) is 14.1. The minimum absolute atomic E-state index is 0.665. The van der Waals surface area contributed by atoms with Gasteiger partial charge >= 0.3 is 0 Å². The van der Waals surface area contributed by atoms with Crippen LogP contribution in [0.2, 0.25) is 0 Å². The Labute approximate surface area is 380 Å². The van der Waals surface area contributed by atoms with Crippen LogP contribution in [-0.4, -0.2) is 13.7 Å². The number of benzene rings is 10. The van der Waals surface area contributed by atoms with Crippen molar-refractivity contribution in [1.82, 2.24) is 13.7 Å². The predicted molar refractivity (Wildman–Crippen MR) is 275 cm³/mol. The van der Waals surface area contributed by atoms with Crippen LogP contribution in [0.15, 0.2) is 231 Å². The summed E-state index contributed by atoms with van der Waals surface area (Å²) in [6.45, 7) is 4.36. The van der Waals surface area contributed by atoms with E-state index < -0.39 is 0 Å². The van der Waals surface area contributed by atoms with Crippen LogP contribution in [-0.2, 0) is 0 Å². The molecule has 4 heteroatoms. The first-order valence-electron chi connectivity index (χ1n) is 22.5. The second-order valence-electron chi connectivity index (χ2n) is 17.4. The highest BCUT2D eigenvalue weighted by Crippen LogP contribution is 2.46. The number of rotatable bonds is 5. The molecule has 1 aliphatic rings. The number of hydrogen-bond donors (Lipinski definition) is 0. The summed E-state index contributed by atoms with van der Waals surface area (Å²) in [6, 6.07) is 81.5. The standard InChI is InChI=1S/C62H39N3O/c1-39-49-38-61-55(37-50(49)48-22-12-14-24-62(48)66-39)54-36-43(28-32-60(54)65(61)46-19-9-4-10-20-46)42-27-31-59-53(35-42)52-34-41(26-30-58(52)64(59)45-17-7-3-8-18-45)40-25-29-57-51(33-40)47-21-11-13-23-56(47)63(57)44-15-5-2-6-16-44/h2-38H,1H2. The minimum atomic E-state index is 0.665. The SMILES string of the molecule is C=C1Oc2ccccc2-c2cc3c4cc(-c5ccc6c(c5)c5cc(-c7ccc8c(c7)c7ccccc7n8-c7ccccc7)ccc5n6-c5ccccc5)ccc4n(-c4ccccc4)c3cc21. The zero-order valence-electron chi connectivity index (χ0n) is 35.8. The fourth-order valence-electron chi connectivity index (χ4n) is 10.8. The van der Waals surface area contributed by atoms with Gasteiger partial charge in [-0.1, -0.05) is 122 Å². The minimum Gasteiger partial charge on any atom is -0.457 e. The molecule has 308 valence electrons.